The molecule has 1 nitrogen and oxygen atoms in total. The van der Waals surface area contributed by atoms with Crippen molar-refractivity contribution in [2.75, 3.05) is 7.11 Å². The van der Waals surface area contributed by atoms with Crippen molar-refractivity contribution in [1.82, 2.24) is 0 Å². The second-order valence-electron chi connectivity index (χ2n) is 6.07. The summed E-state index contributed by atoms with van der Waals surface area (Å²) in [5.41, 5.74) is 2.71. The van der Waals surface area contributed by atoms with Crippen molar-refractivity contribution in [2.24, 2.45) is 0 Å². The molecule has 0 unspecified atom stereocenters. The Bertz CT molecular complexity index is 884. The van der Waals surface area contributed by atoms with Crippen LogP contribution in [0.1, 0.15) is 6.42 Å². The van der Waals surface area contributed by atoms with Gasteiger partial charge in [-0.15, -0.1) is 35.4 Å². The number of methoxy groups -OCH3 is 1. The molecule has 0 aromatic heterocycles. The third-order valence-corrected chi connectivity index (χ3v) is 3.67. The number of ether oxygens (including phenoxy) is 1. The summed E-state index contributed by atoms with van der Waals surface area (Å²) in [4.78, 5) is 0. The summed E-state index contributed by atoms with van der Waals surface area (Å²) in [7, 11) is 1.69. The van der Waals surface area contributed by atoms with Gasteiger partial charge in [-0.1, -0.05) is 23.8 Å². The first-order chi connectivity index (χ1) is 12.6. The molecule has 0 saturated heterocycles. The Labute approximate surface area is 196 Å². The van der Waals surface area contributed by atoms with Crippen LogP contribution in [-0.4, -0.2) is 12.5 Å². The van der Waals surface area contributed by atoms with E-state index in [0.717, 1.165) is 12.2 Å². The molecule has 0 aliphatic heterocycles. The third-order valence-electron chi connectivity index (χ3n) is 3.67. The third kappa shape index (κ3) is 9.01. The molecule has 5 heteroatoms. The molecule has 0 bridgehead atoms. The van der Waals surface area contributed by atoms with Crippen LogP contribution in [0, 0.1) is 6.08 Å². The Morgan fingerprint density at radius 1 is 1.04 bits per heavy atom. The van der Waals surface area contributed by atoms with Gasteiger partial charge < -0.3 is 29.6 Å². The molecule has 0 amide bonds. The number of allylic oxidation sites excluding steroid dienone is 4. The summed E-state index contributed by atoms with van der Waals surface area (Å²) in [6.45, 7) is 4.62. The van der Waals surface area contributed by atoms with E-state index in [2.05, 4.69) is 73.8 Å². The molecule has 146 valence electrons. The summed E-state index contributed by atoms with van der Waals surface area (Å²) < 4.78 is 5.18. The van der Waals surface area contributed by atoms with E-state index in [1.54, 1.807) is 30.4 Å². The minimum absolute atomic E-state index is 0. The summed E-state index contributed by atoms with van der Waals surface area (Å²) >= 11 is 1.74. The Kier molecular flexibility index (Phi) is 14.4. The zero-order chi connectivity index (χ0) is 18.8. The van der Waals surface area contributed by atoms with Gasteiger partial charge in [-0.05, 0) is 17.7 Å². The number of hydrogen-bond acceptors (Lipinski definition) is 1. The van der Waals surface area contributed by atoms with Gasteiger partial charge in [0.05, 0.1) is 7.11 Å². The molecule has 0 spiro atoms. The van der Waals surface area contributed by atoms with E-state index in [4.69, 9.17) is 4.74 Å². The van der Waals surface area contributed by atoms with E-state index < -0.39 is 0 Å². The predicted octanol–water partition coefficient (Wildman–Crippen LogP) is 0.332. The van der Waals surface area contributed by atoms with Crippen LogP contribution in [-0.2, 0) is 23.3 Å². The molecular weight excluding hydrogens is 482 g/mol. The van der Waals surface area contributed by atoms with Crippen molar-refractivity contribution in [3.63, 3.8) is 0 Å². The SMILES string of the molecule is COc1ccc(-c2cccc3[cH-]ccc23)cc1.C[Si](C)=[Zr+2].[C-]1=CC=CC1.[Cl-].[Cl-]. The largest absolute Gasteiger partial charge is 1.00 e. The van der Waals surface area contributed by atoms with E-state index >= 15 is 0 Å². The van der Waals surface area contributed by atoms with Crippen molar-refractivity contribution in [3.8, 4) is 16.9 Å². The quantitative estimate of drug-likeness (QED) is 0.360. The van der Waals surface area contributed by atoms with Crippen LogP contribution < -0.4 is 29.6 Å². The van der Waals surface area contributed by atoms with E-state index in [1.807, 2.05) is 24.3 Å². The molecule has 0 N–H and O–H groups in total. The molecule has 0 saturated carbocycles. The second-order valence-corrected chi connectivity index (χ2v) is 15.4. The summed E-state index contributed by atoms with van der Waals surface area (Å²) in [5, 5.41) is 2.59. The topological polar surface area (TPSA) is 9.23 Å². The van der Waals surface area contributed by atoms with E-state index in [0.29, 0.717) is 0 Å². The van der Waals surface area contributed by atoms with Gasteiger partial charge in [0.15, 0.2) is 0 Å². The average Bonchev–Trinajstić information content (AvgIpc) is 3.35. The van der Waals surface area contributed by atoms with Crippen LogP contribution in [0.25, 0.3) is 21.9 Å². The second kappa shape index (κ2) is 14.9. The van der Waals surface area contributed by atoms with Crippen molar-refractivity contribution < 1.29 is 52.9 Å². The number of benzene rings is 2. The number of rotatable bonds is 2. The van der Waals surface area contributed by atoms with Crippen LogP contribution in [0.3, 0.4) is 0 Å². The number of fused-ring (bicyclic) bond motifs is 1. The van der Waals surface area contributed by atoms with Crippen molar-refractivity contribution in [3.05, 3.63) is 85.0 Å². The molecule has 3 aromatic carbocycles. The molecule has 0 atom stereocenters. The van der Waals surface area contributed by atoms with Crippen LogP contribution in [0.2, 0.25) is 13.1 Å². The molecule has 28 heavy (non-hydrogen) atoms. The minimum atomic E-state index is 0. The fourth-order valence-corrected chi connectivity index (χ4v) is 2.52. The molecule has 4 rings (SSSR count). The van der Waals surface area contributed by atoms with Gasteiger partial charge in [-0.25, -0.2) is 12.2 Å². The van der Waals surface area contributed by atoms with Gasteiger partial charge in [0.2, 0.25) is 0 Å². The van der Waals surface area contributed by atoms with Gasteiger partial charge in [-0.2, -0.15) is 18.2 Å². The van der Waals surface area contributed by atoms with Gasteiger partial charge in [0.1, 0.15) is 5.75 Å². The predicted molar refractivity (Wildman–Crippen MR) is 111 cm³/mol. The molecule has 0 radical (unpaired) electrons. The van der Waals surface area contributed by atoms with Crippen LogP contribution in [0.5, 0.6) is 5.75 Å². The van der Waals surface area contributed by atoms with Crippen LogP contribution in [0.4, 0.5) is 0 Å². The first-order valence-corrected chi connectivity index (χ1v) is 14.8. The summed E-state index contributed by atoms with van der Waals surface area (Å²) in [5.74, 6) is 0.892. The number of hydrogen-bond donors (Lipinski definition) is 0. The normalized spacial score (nSPS) is 10.6. The van der Waals surface area contributed by atoms with Crippen LogP contribution in [0.15, 0.2) is 78.9 Å². The van der Waals surface area contributed by atoms with Crippen molar-refractivity contribution in [2.45, 2.75) is 19.5 Å². The smallest absolute Gasteiger partial charge is 0.109 e. The van der Waals surface area contributed by atoms with Gasteiger partial charge in [0, 0.05) is 0 Å². The molecule has 0 heterocycles. The molecule has 1 aliphatic rings. The van der Waals surface area contributed by atoms with Crippen molar-refractivity contribution >= 4 is 16.2 Å². The van der Waals surface area contributed by atoms with E-state index in [9.17, 15) is 0 Å². The zero-order valence-electron chi connectivity index (χ0n) is 16.4. The first kappa shape index (κ1) is 27.0. The standard InChI is InChI=1S/C16H13O.C5H5.C2H6Si.2ClH.Zr/c1-17-14-10-8-13(9-11-14)16-7-3-5-12-4-2-6-15(12)16;1-2-4-5-3-1;1-3-2;;;/h2-11H,1H3;1-3H,4H2;1-2H3;2*1H;/q2*-1;;;;+2/p-2. The average molecular weight is 507 g/mol. The van der Waals surface area contributed by atoms with Gasteiger partial charge in [-0.3, -0.25) is 6.08 Å². The Hall–Kier alpha value is -0.990. The fraction of sp³-hybridized carbons (Fsp3) is 0.174. The zero-order valence-corrected chi connectivity index (χ0v) is 21.3. The maximum absolute atomic E-state index is 5.18. The van der Waals surface area contributed by atoms with E-state index in [-0.39, 0.29) is 30.2 Å². The Morgan fingerprint density at radius 3 is 2.21 bits per heavy atom. The van der Waals surface area contributed by atoms with Gasteiger partial charge in [0.25, 0.3) is 0 Å². The van der Waals surface area contributed by atoms with Gasteiger partial charge >= 0.3 is 41.9 Å². The van der Waals surface area contributed by atoms with Crippen molar-refractivity contribution in [1.29, 1.82) is 0 Å². The fourth-order valence-electron chi connectivity index (χ4n) is 2.52. The van der Waals surface area contributed by atoms with E-state index in [1.165, 1.54) is 21.9 Å². The number of halogens is 2. The Balaban J connectivity index is 0.000000559. The monoisotopic (exact) mass is 504 g/mol. The molecule has 1 aliphatic carbocycles. The maximum Gasteiger partial charge on any atom is -0.109 e. The summed E-state index contributed by atoms with van der Waals surface area (Å²) in [6, 6.07) is 21.0. The molecular formula is C23H24Cl2OSiZr-2. The molecule has 3 aromatic rings. The summed E-state index contributed by atoms with van der Waals surface area (Å²) in [6.07, 6.45) is 10.0. The Morgan fingerprint density at radius 2 is 1.71 bits per heavy atom. The maximum atomic E-state index is 5.18. The first-order valence-electron chi connectivity index (χ1n) is 8.64. The molecule has 0 fully saturated rings. The van der Waals surface area contributed by atoms with Crippen LogP contribution >= 0.6 is 0 Å². The minimum Gasteiger partial charge on any atom is -1.00 e.